The van der Waals surface area contributed by atoms with E-state index in [4.69, 9.17) is 5.11 Å². The van der Waals surface area contributed by atoms with E-state index in [9.17, 15) is 19.8 Å². The van der Waals surface area contributed by atoms with Crippen molar-refractivity contribution < 1.29 is 24.9 Å². The van der Waals surface area contributed by atoms with Crippen LogP contribution in [0.4, 0.5) is 0 Å². The molecule has 5 nitrogen and oxygen atoms in total. The zero-order valence-corrected chi connectivity index (χ0v) is 16.6. The highest BCUT2D eigenvalue weighted by Crippen LogP contribution is 2.33. The van der Waals surface area contributed by atoms with Gasteiger partial charge in [0, 0.05) is 24.7 Å². The zero-order chi connectivity index (χ0) is 20.1. The molecule has 0 aromatic heterocycles. The second kappa shape index (κ2) is 13.7. The number of aliphatic carboxylic acids is 1. The topological polar surface area (TPSA) is 94.8 Å². The lowest BCUT2D eigenvalue weighted by molar-refractivity contribution is -0.137. The van der Waals surface area contributed by atoms with Crippen LogP contribution in [-0.4, -0.2) is 39.3 Å². The monoisotopic (exact) mass is 380 g/mol. The summed E-state index contributed by atoms with van der Waals surface area (Å²) in [6.07, 6.45) is 14.8. The van der Waals surface area contributed by atoms with Gasteiger partial charge in [0.05, 0.1) is 12.2 Å². The average Bonchev–Trinajstić information content (AvgIpc) is 2.88. The minimum absolute atomic E-state index is 0.0478. The molecular weight excluding hydrogens is 344 g/mol. The molecule has 1 aliphatic rings. The summed E-state index contributed by atoms with van der Waals surface area (Å²) in [5, 5.41) is 28.8. The minimum Gasteiger partial charge on any atom is -0.481 e. The van der Waals surface area contributed by atoms with Gasteiger partial charge in [0.2, 0.25) is 0 Å². The number of carboxylic acid groups (broad SMARTS) is 1. The number of ketones is 1. The van der Waals surface area contributed by atoms with Gasteiger partial charge in [-0.1, -0.05) is 56.9 Å². The predicted molar refractivity (Wildman–Crippen MR) is 106 cm³/mol. The minimum atomic E-state index is -0.750. The van der Waals surface area contributed by atoms with Crippen LogP contribution < -0.4 is 0 Å². The number of carboxylic acids is 1. The average molecular weight is 381 g/mol. The maximum atomic E-state index is 12.2. The molecule has 4 atom stereocenters. The molecule has 1 fully saturated rings. The Labute approximate surface area is 163 Å². The number of aliphatic hydroxyl groups is 2. The van der Waals surface area contributed by atoms with Gasteiger partial charge in [0.15, 0.2) is 0 Å². The first-order valence-corrected chi connectivity index (χ1v) is 10.4. The molecular formula is C22H36O5. The third-order valence-electron chi connectivity index (χ3n) is 5.22. The maximum Gasteiger partial charge on any atom is 0.303 e. The summed E-state index contributed by atoms with van der Waals surface area (Å²) >= 11 is 0. The van der Waals surface area contributed by atoms with E-state index in [1.807, 2.05) is 6.08 Å². The third-order valence-corrected chi connectivity index (χ3v) is 5.22. The summed E-state index contributed by atoms with van der Waals surface area (Å²) in [7, 11) is 0. The molecule has 0 aliphatic heterocycles. The number of carbonyl (C=O) groups is 2. The molecule has 0 spiro atoms. The number of hydrogen-bond donors (Lipinski definition) is 3. The smallest absolute Gasteiger partial charge is 0.303 e. The predicted octanol–water partition coefficient (Wildman–Crippen LogP) is 4.03. The van der Waals surface area contributed by atoms with Gasteiger partial charge in [0.25, 0.3) is 0 Å². The number of Topliss-reactive ketones (excluding diaryl/α,β-unsaturated/α-hetero) is 1. The van der Waals surface area contributed by atoms with Crippen molar-refractivity contribution in [2.75, 3.05) is 0 Å². The second-order valence-corrected chi connectivity index (χ2v) is 7.58. The molecule has 0 saturated heterocycles. The van der Waals surface area contributed by atoms with Gasteiger partial charge in [-0.3, -0.25) is 9.59 Å². The van der Waals surface area contributed by atoms with E-state index in [1.165, 1.54) is 0 Å². The Balaban J connectivity index is 2.38. The normalized spacial score (nSPS) is 24.3. The number of aliphatic hydroxyl groups excluding tert-OH is 2. The van der Waals surface area contributed by atoms with Gasteiger partial charge in [0.1, 0.15) is 5.78 Å². The Hall–Kier alpha value is -1.46. The van der Waals surface area contributed by atoms with Crippen LogP contribution in [-0.2, 0) is 9.59 Å². The second-order valence-electron chi connectivity index (χ2n) is 7.58. The van der Waals surface area contributed by atoms with E-state index >= 15 is 0 Å². The van der Waals surface area contributed by atoms with E-state index in [2.05, 4.69) is 13.0 Å². The van der Waals surface area contributed by atoms with Crippen LogP contribution >= 0.6 is 0 Å². The van der Waals surface area contributed by atoms with Crippen molar-refractivity contribution in [3.63, 3.8) is 0 Å². The quantitative estimate of drug-likeness (QED) is 0.312. The molecule has 0 radical (unpaired) electrons. The highest BCUT2D eigenvalue weighted by Gasteiger charge is 2.39. The van der Waals surface area contributed by atoms with E-state index in [0.717, 1.165) is 38.5 Å². The van der Waals surface area contributed by atoms with Gasteiger partial charge in [-0.15, -0.1) is 0 Å². The molecule has 1 rings (SSSR count). The molecule has 0 unspecified atom stereocenters. The van der Waals surface area contributed by atoms with E-state index in [0.29, 0.717) is 19.3 Å². The van der Waals surface area contributed by atoms with Crippen molar-refractivity contribution in [1.82, 2.24) is 0 Å². The Morgan fingerprint density at radius 1 is 1.19 bits per heavy atom. The molecule has 27 heavy (non-hydrogen) atoms. The summed E-state index contributed by atoms with van der Waals surface area (Å²) in [6.45, 7) is 2.12. The van der Waals surface area contributed by atoms with Crippen molar-refractivity contribution in [2.24, 2.45) is 11.8 Å². The highest BCUT2D eigenvalue weighted by atomic mass is 16.4. The van der Waals surface area contributed by atoms with Crippen molar-refractivity contribution in [2.45, 2.75) is 89.8 Å². The summed E-state index contributed by atoms with van der Waals surface area (Å²) in [4.78, 5) is 22.6. The van der Waals surface area contributed by atoms with Crippen molar-refractivity contribution in [3.8, 4) is 0 Å². The molecule has 0 amide bonds. The first-order valence-electron chi connectivity index (χ1n) is 10.4. The van der Waals surface area contributed by atoms with Gasteiger partial charge < -0.3 is 15.3 Å². The number of unbranched alkanes of at least 4 members (excludes halogenated alkanes) is 5. The maximum absolute atomic E-state index is 12.2. The lowest BCUT2D eigenvalue weighted by atomic mass is 9.90. The Kier molecular flexibility index (Phi) is 11.9. The standard InChI is InChI=1S/C22H36O5/c1-2-3-8-11-17(23)14-15-19-18(20(24)16-21(19)25)12-9-6-4-5-7-10-13-22(26)27/h6,9,14-15,17-20,23-24H,2-5,7-8,10-13,16H2,1H3,(H,26,27)/b9-6-,15-14+/t17-,18+,19+,20-/m0/s1. The SMILES string of the molecule is CCCCC[C@H](O)/C=C/[C@H]1C(=O)C[C@H](O)[C@@H]1C/C=C\CCCCCC(=O)O. The number of allylic oxidation sites excluding steroid dienone is 3. The van der Waals surface area contributed by atoms with Gasteiger partial charge in [-0.2, -0.15) is 0 Å². The van der Waals surface area contributed by atoms with Crippen molar-refractivity contribution in [3.05, 3.63) is 24.3 Å². The fourth-order valence-electron chi connectivity index (χ4n) is 3.56. The van der Waals surface area contributed by atoms with Gasteiger partial charge in [-0.25, -0.2) is 0 Å². The summed E-state index contributed by atoms with van der Waals surface area (Å²) in [5.41, 5.74) is 0. The Morgan fingerprint density at radius 2 is 1.96 bits per heavy atom. The van der Waals surface area contributed by atoms with Crippen LogP contribution in [0.2, 0.25) is 0 Å². The molecule has 0 bridgehead atoms. The van der Waals surface area contributed by atoms with Gasteiger partial charge in [-0.05, 0) is 32.1 Å². The van der Waals surface area contributed by atoms with Crippen LogP contribution in [0.15, 0.2) is 24.3 Å². The molecule has 5 heteroatoms. The molecule has 154 valence electrons. The Bertz CT molecular complexity index is 497. The van der Waals surface area contributed by atoms with Crippen LogP contribution in [0, 0.1) is 11.8 Å². The first kappa shape index (κ1) is 23.6. The zero-order valence-electron chi connectivity index (χ0n) is 16.6. The molecule has 0 aromatic rings. The largest absolute Gasteiger partial charge is 0.481 e. The fraction of sp³-hybridized carbons (Fsp3) is 0.727. The molecule has 1 aliphatic carbocycles. The number of rotatable bonds is 14. The lowest BCUT2D eigenvalue weighted by Gasteiger charge is -2.17. The molecule has 1 saturated carbocycles. The van der Waals surface area contributed by atoms with Crippen LogP contribution in [0.3, 0.4) is 0 Å². The summed E-state index contributed by atoms with van der Waals surface area (Å²) in [5.74, 6) is -1.15. The lowest BCUT2D eigenvalue weighted by Crippen LogP contribution is -2.19. The number of carbonyl (C=O) groups excluding carboxylic acids is 1. The summed E-state index contributed by atoms with van der Waals surface area (Å²) in [6, 6.07) is 0. The number of hydrogen-bond acceptors (Lipinski definition) is 4. The van der Waals surface area contributed by atoms with Crippen molar-refractivity contribution >= 4 is 11.8 Å². The van der Waals surface area contributed by atoms with Crippen LogP contribution in [0.25, 0.3) is 0 Å². The molecule has 0 aromatic carbocycles. The van der Waals surface area contributed by atoms with E-state index < -0.39 is 18.2 Å². The van der Waals surface area contributed by atoms with Gasteiger partial charge >= 0.3 is 5.97 Å². The first-order chi connectivity index (χ1) is 13.0. The van der Waals surface area contributed by atoms with Crippen LogP contribution in [0.5, 0.6) is 0 Å². The van der Waals surface area contributed by atoms with Crippen molar-refractivity contribution in [1.29, 1.82) is 0 Å². The highest BCUT2D eigenvalue weighted by molar-refractivity contribution is 5.86. The Morgan fingerprint density at radius 3 is 2.67 bits per heavy atom. The summed E-state index contributed by atoms with van der Waals surface area (Å²) < 4.78 is 0. The fourth-order valence-corrected chi connectivity index (χ4v) is 3.56. The van der Waals surface area contributed by atoms with E-state index in [-0.39, 0.29) is 30.5 Å². The molecule has 3 N–H and O–H groups in total. The third kappa shape index (κ3) is 9.87. The van der Waals surface area contributed by atoms with Crippen LogP contribution in [0.1, 0.15) is 77.6 Å². The van der Waals surface area contributed by atoms with E-state index in [1.54, 1.807) is 12.2 Å². The molecule has 0 heterocycles.